The molecule has 0 aromatic heterocycles. The molecule has 0 N–H and O–H groups in total. The summed E-state index contributed by atoms with van der Waals surface area (Å²) in [4.78, 5) is 0. The molecule has 0 unspecified atom stereocenters. The summed E-state index contributed by atoms with van der Waals surface area (Å²) in [7, 11) is 0. The maximum Gasteiger partial charge on any atom is 0.0615 e. The van der Waals surface area contributed by atoms with E-state index in [1.54, 1.807) is 18.2 Å². The van der Waals surface area contributed by atoms with Gasteiger partial charge in [-0.1, -0.05) is 35.2 Å². The van der Waals surface area contributed by atoms with E-state index in [9.17, 15) is 0 Å². The topological polar surface area (TPSA) is 0 Å². The molecular weight excluding hydrogens is 167 g/mol. The number of rotatable bonds is 0. The van der Waals surface area contributed by atoms with Crippen LogP contribution in [0.3, 0.4) is 0 Å². The summed E-state index contributed by atoms with van der Waals surface area (Å²) in [6.45, 7) is 0. The average Bonchev–Trinajstić information content (AvgIpc) is 1.88. The van der Waals surface area contributed by atoms with Crippen LogP contribution in [0, 0.1) is 12.3 Å². The highest BCUT2D eigenvalue weighted by Crippen LogP contribution is 2.22. The molecule has 0 saturated carbocycles. The molecule has 0 aliphatic carbocycles. The zero-order chi connectivity index (χ0) is 7.56. The predicted octanol–water partition coefficient (Wildman–Crippen LogP) is 2.97. The van der Waals surface area contributed by atoms with E-state index < -0.39 is 0 Å². The van der Waals surface area contributed by atoms with Crippen LogP contribution in [0.1, 0.15) is 5.56 Å². The van der Waals surface area contributed by atoms with E-state index in [4.69, 9.17) is 29.6 Å². The van der Waals surface area contributed by atoms with Gasteiger partial charge in [0, 0.05) is 0 Å². The second-order valence-electron chi connectivity index (χ2n) is 1.74. The zero-order valence-electron chi connectivity index (χ0n) is 5.07. The minimum atomic E-state index is 0.523. The quantitative estimate of drug-likeness (QED) is 0.526. The fourth-order valence-electron chi connectivity index (χ4n) is 0.636. The van der Waals surface area contributed by atoms with E-state index >= 15 is 0 Å². The lowest BCUT2D eigenvalue weighted by molar-refractivity contribution is 1.65. The van der Waals surface area contributed by atoms with Gasteiger partial charge in [0.15, 0.2) is 0 Å². The van der Waals surface area contributed by atoms with Gasteiger partial charge in [0.25, 0.3) is 0 Å². The molecule has 0 bridgehead atoms. The maximum atomic E-state index is 5.70. The van der Waals surface area contributed by atoms with Gasteiger partial charge in [-0.15, -0.1) is 6.42 Å². The Hall–Kier alpha value is -0.640. The van der Waals surface area contributed by atoms with Crippen LogP contribution in [-0.2, 0) is 0 Å². The van der Waals surface area contributed by atoms with Crippen molar-refractivity contribution in [3.63, 3.8) is 0 Å². The SMILES string of the molecule is C#Cc1c(Cl)cccc1Cl. The lowest BCUT2D eigenvalue weighted by Gasteiger charge is -1.96. The Morgan fingerprint density at radius 2 is 1.70 bits per heavy atom. The van der Waals surface area contributed by atoms with Gasteiger partial charge in [-0.2, -0.15) is 0 Å². The lowest BCUT2D eigenvalue weighted by Crippen LogP contribution is -1.76. The van der Waals surface area contributed by atoms with Crippen LogP contribution >= 0.6 is 23.2 Å². The minimum Gasteiger partial charge on any atom is -0.115 e. The largest absolute Gasteiger partial charge is 0.115 e. The second-order valence-corrected chi connectivity index (χ2v) is 2.56. The van der Waals surface area contributed by atoms with Crippen LogP contribution in [0.2, 0.25) is 10.0 Å². The molecule has 0 aliphatic heterocycles. The fourth-order valence-corrected chi connectivity index (χ4v) is 1.14. The maximum absolute atomic E-state index is 5.70. The van der Waals surface area contributed by atoms with Gasteiger partial charge in [0.1, 0.15) is 0 Å². The first kappa shape index (κ1) is 7.47. The molecule has 0 heterocycles. The fraction of sp³-hybridized carbons (Fsp3) is 0. The van der Waals surface area contributed by atoms with Gasteiger partial charge < -0.3 is 0 Å². The molecule has 0 aliphatic rings. The summed E-state index contributed by atoms with van der Waals surface area (Å²) in [6, 6.07) is 5.18. The van der Waals surface area contributed by atoms with Gasteiger partial charge >= 0.3 is 0 Å². The van der Waals surface area contributed by atoms with Crippen molar-refractivity contribution >= 4 is 23.2 Å². The van der Waals surface area contributed by atoms with Crippen LogP contribution < -0.4 is 0 Å². The molecule has 0 saturated heterocycles. The molecule has 0 amide bonds. The van der Waals surface area contributed by atoms with E-state index in [1.165, 1.54) is 0 Å². The highest BCUT2D eigenvalue weighted by molar-refractivity contribution is 6.36. The van der Waals surface area contributed by atoms with E-state index in [2.05, 4.69) is 5.92 Å². The summed E-state index contributed by atoms with van der Waals surface area (Å²) in [5, 5.41) is 1.05. The van der Waals surface area contributed by atoms with Gasteiger partial charge in [-0.3, -0.25) is 0 Å². The number of hydrogen-bond donors (Lipinski definition) is 0. The van der Waals surface area contributed by atoms with Gasteiger partial charge in [0.05, 0.1) is 15.6 Å². The number of hydrogen-bond acceptors (Lipinski definition) is 0. The first-order valence-corrected chi connectivity index (χ1v) is 3.42. The Balaban J connectivity index is 3.34. The van der Waals surface area contributed by atoms with Crippen LogP contribution in [0.15, 0.2) is 18.2 Å². The van der Waals surface area contributed by atoms with Gasteiger partial charge in [-0.25, -0.2) is 0 Å². The third-order valence-corrected chi connectivity index (χ3v) is 1.74. The van der Waals surface area contributed by atoms with Crippen LogP contribution in [-0.4, -0.2) is 0 Å². The smallest absolute Gasteiger partial charge is 0.0615 e. The monoisotopic (exact) mass is 170 g/mol. The Kier molecular flexibility index (Phi) is 2.21. The molecule has 0 atom stereocenters. The lowest BCUT2D eigenvalue weighted by atomic mass is 10.2. The molecule has 1 aromatic carbocycles. The van der Waals surface area contributed by atoms with Crippen molar-refractivity contribution in [1.82, 2.24) is 0 Å². The summed E-state index contributed by atoms with van der Waals surface area (Å²) in [5.41, 5.74) is 0.561. The van der Waals surface area contributed by atoms with Crippen LogP contribution in [0.5, 0.6) is 0 Å². The van der Waals surface area contributed by atoms with Crippen LogP contribution in [0.4, 0.5) is 0 Å². The normalized spacial score (nSPS) is 8.90. The number of terminal acetylenes is 1. The summed E-state index contributed by atoms with van der Waals surface area (Å²) in [6.07, 6.45) is 5.13. The molecule has 2 heteroatoms. The van der Waals surface area contributed by atoms with Gasteiger partial charge in [0.2, 0.25) is 0 Å². The first-order chi connectivity index (χ1) is 4.75. The predicted molar refractivity (Wildman–Crippen MR) is 44.4 cm³/mol. The number of benzene rings is 1. The van der Waals surface area contributed by atoms with E-state index in [1.807, 2.05) is 0 Å². The van der Waals surface area contributed by atoms with Crippen molar-refractivity contribution in [2.75, 3.05) is 0 Å². The first-order valence-electron chi connectivity index (χ1n) is 2.66. The molecule has 1 rings (SSSR count). The minimum absolute atomic E-state index is 0.523. The summed E-state index contributed by atoms with van der Waals surface area (Å²) >= 11 is 11.4. The van der Waals surface area contributed by atoms with E-state index in [-0.39, 0.29) is 0 Å². The molecule has 1 aromatic rings. The standard InChI is InChI=1S/C8H4Cl2/c1-2-6-7(9)4-3-5-8(6)10/h1,3-5H. The number of halogens is 2. The van der Waals surface area contributed by atoms with E-state index in [0.29, 0.717) is 15.6 Å². The van der Waals surface area contributed by atoms with Crippen LogP contribution in [0.25, 0.3) is 0 Å². The molecule has 10 heavy (non-hydrogen) atoms. The highest BCUT2D eigenvalue weighted by Gasteiger charge is 1.99. The van der Waals surface area contributed by atoms with Gasteiger partial charge in [-0.05, 0) is 12.1 Å². The zero-order valence-corrected chi connectivity index (χ0v) is 6.58. The van der Waals surface area contributed by atoms with Crippen molar-refractivity contribution in [3.8, 4) is 12.3 Å². The Morgan fingerprint density at radius 3 is 2.00 bits per heavy atom. The van der Waals surface area contributed by atoms with E-state index in [0.717, 1.165) is 0 Å². The summed E-state index contributed by atoms with van der Waals surface area (Å²) in [5.74, 6) is 2.40. The molecule has 50 valence electrons. The van der Waals surface area contributed by atoms with Crippen molar-refractivity contribution < 1.29 is 0 Å². The average molecular weight is 171 g/mol. The Labute approximate surface area is 69.8 Å². The van der Waals surface area contributed by atoms with Crippen molar-refractivity contribution in [2.45, 2.75) is 0 Å². The Bertz CT molecular complexity index is 264. The Morgan fingerprint density at radius 1 is 1.20 bits per heavy atom. The van der Waals surface area contributed by atoms with Crippen molar-refractivity contribution in [3.05, 3.63) is 33.8 Å². The summed E-state index contributed by atoms with van der Waals surface area (Å²) < 4.78 is 0. The van der Waals surface area contributed by atoms with Crippen molar-refractivity contribution in [1.29, 1.82) is 0 Å². The molecule has 0 fully saturated rings. The second kappa shape index (κ2) is 2.96. The molecule has 0 radical (unpaired) electrons. The molecule has 0 spiro atoms. The highest BCUT2D eigenvalue weighted by atomic mass is 35.5. The third-order valence-electron chi connectivity index (χ3n) is 1.11. The molecule has 0 nitrogen and oxygen atoms in total. The molecular formula is C8H4Cl2. The van der Waals surface area contributed by atoms with Crippen molar-refractivity contribution in [2.24, 2.45) is 0 Å². The third kappa shape index (κ3) is 1.26.